The maximum Gasteiger partial charge on any atom is 0.115 e. The summed E-state index contributed by atoms with van der Waals surface area (Å²) >= 11 is 0. The summed E-state index contributed by atoms with van der Waals surface area (Å²) in [6, 6.07) is 7.96. The van der Waals surface area contributed by atoms with Crippen molar-refractivity contribution < 1.29 is 5.11 Å². The monoisotopic (exact) mass is 248 g/mol. The van der Waals surface area contributed by atoms with Gasteiger partial charge in [-0.2, -0.15) is 0 Å². The Morgan fingerprint density at radius 2 is 2.11 bits per heavy atom. The van der Waals surface area contributed by atoms with Gasteiger partial charge in [-0.25, -0.2) is 0 Å². The Labute approximate surface area is 110 Å². The SMILES string of the molecule is CCC(NCC1CCN(C)C1)c1ccc(O)cc1. The standard InChI is InChI=1S/C15H24N2O/c1-3-15(13-4-6-14(18)7-5-13)16-10-12-8-9-17(2)11-12/h4-7,12,15-16,18H,3,8-11H2,1-2H3. The first-order valence-corrected chi connectivity index (χ1v) is 6.90. The molecule has 0 aliphatic carbocycles. The summed E-state index contributed by atoms with van der Waals surface area (Å²) in [6.07, 6.45) is 2.38. The summed E-state index contributed by atoms with van der Waals surface area (Å²) in [7, 11) is 2.19. The Kier molecular flexibility index (Phi) is 4.61. The van der Waals surface area contributed by atoms with Crippen molar-refractivity contribution in [2.24, 2.45) is 5.92 Å². The average molecular weight is 248 g/mol. The predicted octanol–water partition coefficient (Wildman–Crippen LogP) is 2.38. The van der Waals surface area contributed by atoms with Crippen LogP contribution in [0.2, 0.25) is 0 Å². The van der Waals surface area contributed by atoms with Gasteiger partial charge in [0, 0.05) is 12.6 Å². The largest absolute Gasteiger partial charge is 0.508 e. The lowest BCUT2D eigenvalue weighted by Crippen LogP contribution is -2.28. The second-order valence-corrected chi connectivity index (χ2v) is 5.38. The minimum Gasteiger partial charge on any atom is -0.508 e. The van der Waals surface area contributed by atoms with Crippen LogP contribution < -0.4 is 5.32 Å². The number of nitrogens with zero attached hydrogens (tertiary/aromatic N) is 1. The van der Waals surface area contributed by atoms with Gasteiger partial charge in [-0.15, -0.1) is 0 Å². The number of benzene rings is 1. The van der Waals surface area contributed by atoms with Crippen LogP contribution in [0.15, 0.2) is 24.3 Å². The van der Waals surface area contributed by atoms with Crippen molar-refractivity contribution in [2.75, 3.05) is 26.7 Å². The molecule has 1 fully saturated rings. The van der Waals surface area contributed by atoms with Crippen LogP contribution in [-0.4, -0.2) is 36.7 Å². The highest BCUT2D eigenvalue weighted by Gasteiger charge is 2.20. The molecule has 0 saturated carbocycles. The van der Waals surface area contributed by atoms with Gasteiger partial charge in [0.2, 0.25) is 0 Å². The molecule has 100 valence electrons. The lowest BCUT2D eigenvalue weighted by molar-refractivity contribution is 0.377. The zero-order valence-electron chi connectivity index (χ0n) is 11.4. The molecule has 0 bridgehead atoms. The molecule has 1 heterocycles. The molecule has 2 unspecified atom stereocenters. The van der Waals surface area contributed by atoms with Gasteiger partial charge in [-0.1, -0.05) is 19.1 Å². The zero-order valence-corrected chi connectivity index (χ0v) is 11.4. The second kappa shape index (κ2) is 6.21. The Balaban J connectivity index is 1.87. The van der Waals surface area contributed by atoms with E-state index in [-0.39, 0.29) is 0 Å². The Bertz CT molecular complexity index is 363. The van der Waals surface area contributed by atoms with Gasteiger partial charge in [-0.05, 0) is 56.6 Å². The fraction of sp³-hybridized carbons (Fsp3) is 0.600. The van der Waals surface area contributed by atoms with Crippen LogP contribution in [0.5, 0.6) is 5.75 Å². The van der Waals surface area contributed by atoms with Gasteiger partial charge in [-0.3, -0.25) is 0 Å². The fourth-order valence-corrected chi connectivity index (χ4v) is 2.71. The van der Waals surface area contributed by atoms with Gasteiger partial charge in [0.1, 0.15) is 5.75 Å². The Morgan fingerprint density at radius 3 is 2.67 bits per heavy atom. The molecule has 1 aromatic rings. The topological polar surface area (TPSA) is 35.5 Å². The average Bonchev–Trinajstić information content (AvgIpc) is 2.78. The number of rotatable bonds is 5. The van der Waals surface area contributed by atoms with Gasteiger partial charge in [0.25, 0.3) is 0 Å². The highest BCUT2D eigenvalue weighted by Crippen LogP contribution is 2.21. The van der Waals surface area contributed by atoms with Crippen LogP contribution in [0.3, 0.4) is 0 Å². The summed E-state index contributed by atoms with van der Waals surface area (Å²) in [5.41, 5.74) is 1.27. The third-order valence-electron chi connectivity index (χ3n) is 3.85. The molecule has 18 heavy (non-hydrogen) atoms. The summed E-state index contributed by atoms with van der Waals surface area (Å²) in [4.78, 5) is 2.40. The Hall–Kier alpha value is -1.06. The van der Waals surface area contributed by atoms with E-state index in [1.54, 1.807) is 12.1 Å². The van der Waals surface area contributed by atoms with Crippen LogP contribution >= 0.6 is 0 Å². The van der Waals surface area contributed by atoms with Crippen LogP contribution in [0.4, 0.5) is 0 Å². The van der Waals surface area contributed by atoms with E-state index >= 15 is 0 Å². The maximum absolute atomic E-state index is 9.32. The molecule has 2 N–H and O–H groups in total. The molecule has 0 radical (unpaired) electrons. The molecule has 0 aromatic heterocycles. The molecule has 1 aliphatic rings. The van der Waals surface area contributed by atoms with E-state index in [4.69, 9.17) is 0 Å². The van der Waals surface area contributed by atoms with Crippen molar-refractivity contribution in [2.45, 2.75) is 25.8 Å². The van der Waals surface area contributed by atoms with Gasteiger partial charge in [0.15, 0.2) is 0 Å². The number of phenols is 1. The van der Waals surface area contributed by atoms with Gasteiger partial charge >= 0.3 is 0 Å². The van der Waals surface area contributed by atoms with Crippen molar-refractivity contribution in [1.29, 1.82) is 0 Å². The molecule has 1 saturated heterocycles. The number of likely N-dealkylation sites (tertiary alicyclic amines) is 1. The van der Waals surface area contributed by atoms with Crippen molar-refractivity contribution in [3.8, 4) is 5.75 Å². The van der Waals surface area contributed by atoms with E-state index in [9.17, 15) is 5.11 Å². The molecule has 2 atom stereocenters. The third-order valence-corrected chi connectivity index (χ3v) is 3.85. The highest BCUT2D eigenvalue weighted by molar-refractivity contribution is 5.27. The van der Waals surface area contributed by atoms with Crippen molar-refractivity contribution in [1.82, 2.24) is 10.2 Å². The molecule has 3 heteroatoms. The number of hydrogen-bond donors (Lipinski definition) is 2. The lowest BCUT2D eigenvalue weighted by atomic mass is 10.0. The van der Waals surface area contributed by atoms with E-state index in [2.05, 4.69) is 24.2 Å². The fourth-order valence-electron chi connectivity index (χ4n) is 2.71. The van der Waals surface area contributed by atoms with Crippen molar-refractivity contribution in [3.63, 3.8) is 0 Å². The maximum atomic E-state index is 9.32. The van der Waals surface area contributed by atoms with Crippen LogP contribution in [0.25, 0.3) is 0 Å². The van der Waals surface area contributed by atoms with Gasteiger partial charge < -0.3 is 15.3 Å². The van der Waals surface area contributed by atoms with Crippen molar-refractivity contribution >= 4 is 0 Å². The molecule has 3 nitrogen and oxygen atoms in total. The third kappa shape index (κ3) is 3.47. The minimum atomic E-state index is 0.339. The van der Waals surface area contributed by atoms with Crippen LogP contribution in [0.1, 0.15) is 31.4 Å². The van der Waals surface area contributed by atoms with Crippen LogP contribution in [0, 0.1) is 5.92 Å². The van der Waals surface area contributed by atoms with Crippen molar-refractivity contribution in [3.05, 3.63) is 29.8 Å². The van der Waals surface area contributed by atoms with E-state index in [0.717, 1.165) is 18.9 Å². The van der Waals surface area contributed by atoms with E-state index in [1.807, 2.05) is 12.1 Å². The molecule has 0 spiro atoms. The first-order valence-electron chi connectivity index (χ1n) is 6.90. The molecule has 2 rings (SSSR count). The minimum absolute atomic E-state index is 0.339. The van der Waals surface area contributed by atoms with E-state index in [0.29, 0.717) is 11.8 Å². The molecule has 1 aliphatic heterocycles. The zero-order chi connectivity index (χ0) is 13.0. The highest BCUT2D eigenvalue weighted by atomic mass is 16.3. The number of nitrogens with one attached hydrogen (secondary N) is 1. The smallest absolute Gasteiger partial charge is 0.115 e. The normalized spacial score (nSPS) is 22.2. The number of aromatic hydroxyl groups is 1. The number of phenolic OH excluding ortho intramolecular Hbond substituents is 1. The number of hydrogen-bond acceptors (Lipinski definition) is 3. The quantitative estimate of drug-likeness (QED) is 0.840. The first kappa shape index (κ1) is 13.4. The second-order valence-electron chi connectivity index (χ2n) is 5.38. The van der Waals surface area contributed by atoms with Gasteiger partial charge in [0.05, 0.1) is 0 Å². The summed E-state index contributed by atoms with van der Waals surface area (Å²) in [5.74, 6) is 1.12. The molecule has 0 amide bonds. The summed E-state index contributed by atoms with van der Waals surface area (Å²) in [5, 5.41) is 13.0. The molecule has 1 aromatic carbocycles. The summed E-state index contributed by atoms with van der Waals surface area (Å²) in [6.45, 7) is 5.72. The first-order chi connectivity index (χ1) is 8.69. The van der Waals surface area contributed by atoms with Crippen LogP contribution in [-0.2, 0) is 0 Å². The molecular formula is C15H24N2O. The predicted molar refractivity (Wildman–Crippen MR) is 74.7 cm³/mol. The van der Waals surface area contributed by atoms with E-state index < -0.39 is 0 Å². The van der Waals surface area contributed by atoms with E-state index in [1.165, 1.54) is 25.1 Å². The molecular weight excluding hydrogens is 224 g/mol. The summed E-state index contributed by atoms with van der Waals surface area (Å²) < 4.78 is 0. The Morgan fingerprint density at radius 1 is 1.39 bits per heavy atom. The lowest BCUT2D eigenvalue weighted by Gasteiger charge is -2.20.